The predicted octanol–water partition coefficient (Wildman–Crippen LogP) is 4.44. The third kappa shape index (κ3) is 3.36. The van der Waals surface area contributed by atoms with Crippen molar-refractivity contribution in [2.45, 2.75) is 23.1 Å². The quantitative estimate of drug-likeness (QED) is 0.696. The van der Waals surface area contributed by atoms with Crippen LogP contribution in [0.2, 0.25) is 0 Å². The zero-order valence-electron chi connectivity index (χ0n) is 13.0. The Morgan fingerprint density at radius 2 is 1.91 bits per heavy atom. The topological polar surface area (TPSA) is 59.1 Å². The summed E-state index contributed by atoms with van der Waals surface area (Å²) in [5, 5.41) is 0. The smallest absolute Gasteiger partial charge is 0.262 e. The number of thiazole rings is 1. The van der Waals surface area contributed by atoms with Gasteiger partial charge in [-0.25, -0.2) is 13.4 Å². The standard InChI is InChI=1S/C16H16N2O2S3/c1-10-4-7-15(11(2)8-10)23(19,20)18-12-5-6-13-14(9-12)22-16(17-13)21-3/h4-9,18H,1-3H3. The molecule has 0 amide bonds. The third-order valence-corrected chi connectivity index (χ3v) is 6.96. The van der Waals surface area contributed by atoms with E-state index in [1.807, 2.05) is 31.4 Å². The van der Waals surface area contributed by atoms with Crippen LogP contribution in [0.3, 0.4) is 0 Å². The summed E-state index contributed by atoms with van der Waals surface area (Å²) in [6.07, 6.45) is 1.97. The lowest BCUT2D eigenvalue weighted by molar-refractivity contribution is 0.600. The highest BCUT2D eigenvalue weighted by Crippen LogP contribution is 2.30. The van der Waals surface area contributed by atoms with Gasteiger partial charge in [0.2, 0.25) is 0 Å². The van der Waals surface area contributed by atoms with Crippen LogP contribution in [0.25, 0.3) is 10.2 Å². The number of nitrogens with zero attached hydrogens (tertiary/aromatic N) is 1. The molecule has 0 saturated carbocycles. The van der Waals surface area contributed by atoms with E-state index in [0.29, 0.717) is 10.6 Å². The average molecular weight is 365 g/mol. The van der Waals surface area contributed by atoms with Crippen LogP contribution in [-0.4, -0.2) is 19.7 Å². The molecule has 3 aromatic rings. The van der Waals surface area contributed by atoms with Crippen LogP contribution in [0.4, 0.5) is 5.69 Å². The van der Waals surface area contributed by atoms with Crippen molar-refractivity contribution < 1.29 is 8.42 Å². The largest absolute Gasteiger partial charge is 0.280 e. The number of aryl methyl sites for hydroxylation is 2. The van der Waals surface area contributed by atoms with Crippen LogP contribution in [0.1, 0.15) is 11.1 Å². The summed E-state index contributed by atoms with van der Waals surface area (Å²) >= 11 is 3.14. The maximum atomic E-state index is 12.6. The maximum Gasteiger partial charge on any atom is 0.262 e. The van der Waals surface area contributed by atoms with Gasteiger partial charge in [0.1, 0.15) is 0 Å². The van der Waals surface area contributed by atoms with Gasteiger partial charge in [0.15, 0.2) is 4.34 Å². The number of nitrogens with one attached hydrogen (secondary N) is 1. The second-order valence-corrected chi connectivity index (χ2v) is 8.98. The Morgan fingerprint density at radius 3 is 2.61 bits per heavy atom. The lowest BCUT2D eigenvalue weighted by Gasteiger charge is -2.11. The van der Waals surface area contributed by atoms with Gasteiger partial charge in [0, 0.05) is 0 Å². The first kappa shape index (κ1) is 16.3. The fourth-order valence-electron chi connectivity index (χ4n) is 2.37. The monoisotopic (exact) mass is 364 g/mol. The minimum atomic E-state index is -3.60. The number of benzene rings is 2. The molecule has 0 bridgehead atoms. The van der Waals surface area contributed by atoms with Gasteiger partial charge in [-0.1, -0.05) is 29.5 Å². The van der Waals surface area contributed by atoms with Crippen molar-refractivity contribution in [2.75, 3.05) is 11.0 Å². The second-order valence-electron chi connectivity index (χ2n) is 5.24. The van der Waals surface area contributed by atoms with Gasteiger partial charge in [0.25, 0.3) is 10.0 Å². The van der Waals surface area contributed by atoms with Crippen molar-refractivity contribution in [2.24, 2.45) is 0 Å². The van der Waals surface area contributed by atoms with E-state index in [9.17, 15) is 8.42 Å². The van der Waals surface area contributed by atoms with E-state index in [2.05, 4.69) is 9.71 Å². The first-order valence-corrected chi connectivity index (χ1v) is 10.5. The molecule has 0 unspecified atom stereocenters. The number of hydrogen-bond donors (Lipinski definition) is 1. The highest BCUT2D eigenvalue weighted by atomic mass is 32.2. The van der Waals surface area contributed by atoms with E-state index < -0.39 is 10.0 Å². The van der Waals surface area contributed by atoms with Crippen molar-refractivity contribution in [1.82, 2.24) is 4.98 Å². The lowest BCUT2D eigenvalue weighted by Crippen LogP contribution is -2.14. The summed E-state index contributed by atoms with van der Waals surface area (Å²) in [4.78, 5) is 4.76. The molecule has 0 atom stereocenters. The first-order valence-electron chi connectivity index (χ1n) is 6.94. The van der Waals surface area contributed by atoms with Crippen LogP contribution in [0, 0.1) is 13.8 Å². The molecule has 23 heavy (non-hydrogen) atoms. The summed E-state index contributed by atoms with van der Waals surface area (Å²) in [7, 11) is -3.60. The number of fused-ring (bicyclic) bond motifs is 1. The Morgan fingerprint density at radius 1 is 1.13 bits per heavy atom. The number of sulfonamides is 1. The van der Waals surface area contributed by atoms with Gasteiger partial charge in [-0.15, -0.1) is 11.3 Å². The van der Waals surface area contributed by atoms with Gasteiger partial charge in [-0.05, 0) is 49.9 Å². The Balaban J connectivity index is 1.96. The second kappa shape index (κ2) is 6.14. The molecule has 1 aromatic heterocycles. The van der Waals surface area contributed by atoms with Crippen molar-refractivity contribution >= 4 is 49.0 Å². The third-order valence-electron chi connectivity index (χ3n) is 3.42. The van der Waals surface area contributed by atoms with E-state index >= 15 is 0 Å². The van der Waals surface area contributed by atoms with Crippen molar-refractivity contribution in [3.05, 3.63) is 47.5 Å². The van der Waals surface area contributed by atoms with Crippen molar-refractivity contribution in [3.8, 4) is 0 Å². The Kier molecular flexibility index (Phi) is 4.35. The molecule has 7 heteroatoms. The fourth-order valence-corrected chi connectivity index (χ4v) is 5.17. The van der Waals surface area contributed by atoms with Gasteiger partial charge < -0.3 is 0 Å². The molecule has 0 radical (unpaired) electrons. The zero-order chi connectivity index (χ0) is 16.6. The molecular formula is C16H16N2O2S3. The van der Waals surface area contributed by atoms with E-state index in [0.717, 1.165) is 25.7 Å². The van der Waals surface area contributed by atoms with Crippen LogP contribution >= 0.6 is 23.1 Å². The molecule has 120 valence electrons. The molecule has 4 nitrogen and oxygen atoms in total. The first-order chi connectivity index (χ1) is 10.9. The van der Waals surface area contributed by atoms with Gasteiger partial charge in [0.05, 0.1) is 20.8 Å². The molecule has 0 spiro atoms. The maximum absolute atomic E-state index is 12.6. The Hall–Kier alpha value is -1.57. The molecule has 0 aliphatic rings. The van der Waals surface area contributed by atoms with Crippen LogP contribution < -0.4 is 4.72 Å². The number of anilines is 1. The number of hydrogen-bond acceptors (Lipinski definition) is 5. The molecule has 0 aliphatic heterocycles. The molecule has 2 aromatic carbocycles. The normalized spacial score (nSPS) is 11.8. The Bertz CT molecular complexity index is 978. The highest BCUT2D eigenvalue weighted by Gasteiger charge is 2.17. The molecule has 3 rings (SSSR count). The van der Waals surface area contributed by atoms with Gasteiger partial charge in [-0.3, -0.25) is 4.72 Å². The van der Waals surface area contributed by atoms with E-state index in [1.54, 1.807) is 48.2 Å². The van der Waals surface area contributed by atoms with E-state index in [4.69, 9.17) is 0 Å². The van der Waals surface area contributed by atoms with Crippen LogP contribution in [0.15, 0.2) is 45.6 Å². The van der Waals surface area contributed by atoms with Crippen molar-refractivity contribution in [1.29, 1.82) is 0 Å². The van der Waals surface area contributed by atoms with Gasteiger partial charge in [-0.2, -0.15) is 0 Å². The summed E-state index contributed by atoms with van der Waals surface area (Å²) in [5.74, 6) is 0. The SMILES string of the molecule is CSc1nc2ccc(NS(=O)(=O)c3ccc(C)cc3C)cc2s1. The summed E-state index contributed by atoms with van der Waals surface area (Å²) in [6.45, 7) is 3.75. The fraction of sp³-hybridized carbons (Fsp3) is 0.188. The van der Waals surface area contributed by atoms with E-state index in [1.165, 1.54) is 0 Å². The molecule has 0 saturated heterocycles. The van der Waals surface area contributed by atoms with Crippen LogP contribution in [0.5, 0.6) is 0 Å². The van der Waals surface area contributed by atoms with E-state index in [-0.39, 0.29) is 0 Å². The molecular weight excluding hydrogens is 348 g/mol. The number of rotatable bonds is 4. The average Bonchev–Trinajstić information content (AvgIpc) is 2.88. The number of thioether (sulfide) groups is 1. The molecule has 0 fully saturated rings. The molecule has 1 heterocycles. The lowest BCUT2D eigenvalue weighted by atomic mass is 10.2. The summed E-state index contributed by atoms with van der Waals surface area (Å²) in [5.41, 5.74) is 3.21. The minimum absolute atomic E-state index is 0.303. The zero-order valence-corrected chi connectivity index (χ0v) is 15.4. The van der Waals surface area contributed by atoms with Gasteiger partial charge >= 0.3 is 0 Å². The van der Waals surface area contributed by atoms with Crippen molar-refractivity contribution in [3.63, 3.8) is 0 Å². The summed E-state index contributed by atoms with van der Waals surface area (Å²) in [6, 6.07) is 10.7. The highest BCUT2D eigenvalue weighted by molar-refractivity contribution is 8.00. The minimum Gasteiger partial charge on any atom is -0.280 e. The summed E-state index contributed by atoms with van der Waals surface area (Å²) < 4.78 is 29.8. The Labute approximate surface area is 144 Å². The van der Waals surface area contributed by atoms with Crippen LogP contribution in [-0.2, 0) is 10.0 Å². The predicted molar refractivity (Wildman–Crippen MR) is 98.1 cm³/mol. The number of aromatic nitrogens is 1. The molecule has 1 N–H and O–H groups in total. The molecule has 0 aliphatic carbocycles.